The molecule has 2 heterocycles. The van der Waals surface area contributed by atoms with Gasteiger partial charge in [0.25, 0.3) is 5.91 Å². The number of imidazole rings is 1. The number of benzene rings is 2. The van der Waals surface area contributed by atoms with Gasteiger partial charge in [-0.25, -0.2) is 4.98 Å². The molecule has 1 aliphatic heterocycles. The van der Waals surface area contributed by atoms with Crippen LogP contribution in [0, 0.1) is 0 Å². The fourth-order valence-electron chi connectivity index (χ4n) is 4.00. The number of hydrogen-bond acceptors (Lipinski definition) is 3. The summed E-state index contributed by atoms with van der Waals surface area (Å²) in [6.45, 7) is 6.22. The Labute approximate surface area is 183 Å². The van der Waals surface area contributed by atoms with Crippen molar-refractivity contribution in [2.24, 2.45) is 0 Å². The van der Waals surface area contributed by atoms with Crippen molar-refractivity contribution in [3.63, 3.8) is 0 Å². The van der Waals surface area contributed by atoms with Crippen LogP contribution in [0.5, 0.6) is 0 Å². The van der Waals surface area contributed by atoms with Crippen molar-refractivity contribution in [2.45, 2.75) is 32.7 Å². The van der Waals surface area contributed by atoms with Crippen molar-refractivity contribution in [3.05, 3.63) is 64.4 Å². The molecule has 0 radical (unpaired) electrons. The van der Waals surface area contributed by atoms with Gasteiger partial charge >= 0.3 is 0 Å². The number of hydrogen-bond donors (Lipinski definition) is 0. The summed E-state index contributed by atoms with van der Waals surface area (Å²) in [7, 11) is 2.10. The highest BCUT2D eigenvalue weighted by molar-refractivity contribution is 6.31. The van der Waals surface area contributed by atoms with Crippen molar-refractivity contribution in [1.29, 1.82) is 0 Å². The zero-order chi connectivity index (χ0) is 21.1. The van der Waals surface area contributed by atoms with Gasteiger partial charge < -0.3 is 14.4 Å². The second-order valence-electron chi connectivity index (χ2n) is 8.11. The van der Waals surface area contributed by atoms with E-state index in [0.29, 0.717) is 6.54 Å². The van der Waals surface area contributed by atoms with E-state index in [9.17, 15) is 4.79 Å². The van der Waals surface area contributed by atoms with Gasteiger partial charge in [0.05, 0.1) is 17.6 Å². The minimum absolute atomic E-state index is 0.102. The zero-order valence-corrected chi connectivity index (χ0v) is 18.5. The number of nitrogens with zero attached hydrogens (tertiary/aromatic N) is 4. The normalized spacial score (nSPS) is 15.1. The quantitative estimate of drug-likeness (QED) is 0.586. The van der Waals surface area contributed by atoms with E-state index in [1.807, 2.05) is 41.3 Å². The molecule has 2 aromatic carbocycles. The molecule has 1 fully saturated rings. The van der Waals surface area contributed by atoms with Gasteiger partial charge in [0.1, 0.15) is 5.82 Å². The Morgan fingerprint density at radius 3 is 2.60 bits per heavy atom. The number of aryl methyl sites for hydroxylation is 1. The number of rotatable bonds is 6. The largest absolute Gasteiger partial charge is 0.336 e. The molecule has 5 nitrogen and oxygen atoms in total. The summed E-state index contributed by atoms with van der Waals surface area (Å²) in [5.74, 6) is 1.15. The average Bonchev–Trinajstić information content (AvgIpc) is 3.10. The van der Waals surface area contributed by atoms with Crippen LogP contribution in [0.2, 0.25) is 5.02 Å². The van der Waals surface area contributed by atoms with Gasteiger partial charge in [0, 0.05) is 43.2 Å². The van der Waals surface area contributed by atoms with Crippen LogP contribution < -0.4 is 0 Å². The predicted octanol–water partition coefficient (Wildman–Crippen LogP) is 4.47. The summed E-state index contributed by atoms with van der Waals surface area (Å²) >= 11 is 6.45. The number of amides is 1. The Morgan fingerprint density at radius 1 is 1.10 bits per heavy atom. The Hall–Kier alpha value is -2.37. The molecule has 0 aliphatic carbocycles. The highest BCUT2D eigenvalue weighted by Crippen LogP contribution is 2.24. The maximum Gasteiger partial charge on any atom is 0.254 e. The van der Waals surface area contributed by atoms with Crippen LogP contribution in [-0.4, -0.2) is 58.5 Å². The van der Waals surface area contributed by atoms with Gasteiger partial charge in [0.2, 0.25) is 0 Å². The molecule has 158 valence electrons. The van der Waals surface area contributed by atoms with E-state index in [0.717, 1.165) is 78.4 Å². The Balaban J connectivity index is 1.70. The number of unbranched alkanes of at least 4 members (excludes halogenated alkanes) is 1. The number of carbonyl (C=O) groups is 1. The fourth-order valence-corrected chi connectivity index (χ4v) is 4.19. The third-order valence-electron chi connectivity index (χ3n) is 5.90. The van der Waals surface area contributed by atoms with E-state index in [1.165, 1.54) is 0 Å². The minimum Gasteiger partial charge on any atom is -0.336 e. The van der Waals surface area contributed by atoms with Crippen LogP contribution in [0.1, 0.15) is 41.5 Å². The van der Waals surface area contributed by atoms with Gasteiger partial charge in [-0.05, 0) is 43.3 Å². The first-order chi connectivity index (χ1) is 14.6. The number of aromatic nitrogens is 2. The van der Waals surface area contributed by atoms with Crippen molar-refractivity contribution in [3.8, 4) is 0 Å². The summed E-state index contributed by atoms with van der Waals surface area (Å²) in [4.78, 5) is 22.2. The molecule has 0 spiro atoms. The molecule has 4 rings (SSSR count). The number of carbonyl (C=O) groups excluding carboxylic acids is 1. The first-order valence-electron chi connectivity index (χ1n) is 10.8. The van der Waals surface area contributed by atoms with Crippen molar-refractivity contribution in [2.75, 3.05) is 33.2 Å². The van der Waals surface area contributed by atoms with Crippen molar-refractivity contribution < 1.29 is 4.79 Å². The van der Waals surface area contributed by atoms with Crippen LogP contribution in [0.15, 0.2) is 42.5 Å². The minimum atomic E-state index is 0.102. The van der Waals surface area contributed by atoms with Crippen LogP contribution >= 0.6 is 11.6 Å². The lowest BCUT2D eigenvalue weighted by Crippen LogP contribution is -2.47. The standard InChI is InChI=1S/C24H29ClN4O/c1-3-4-9-23-26-21-11-10-18(24(30)28-14-12-27(2)13-15-28)16-22(21)29(23)17-19-7-5-6-8-20(19)25/h5-8,10-11,16H,3-4,9,12-15,17H2,1-2H3. The molecular formula is C24H29ClN4O. The molecule has 3 aromatic rings. The van der Waals surface area contributed by atoms with E-state index >= 15 is 0 Å². The van der Waals surface area contributed by atoms with E-state index in [4.69, 9.17) is 16.6 Å². The fraction of sp³-hybridized carbons (Fsp3) is 0.417. The summed E-state index contributed by atoms with van der Waals surface area (Å²) < 4.78 is 2.23. The third-order valence-corrected chi connectivity index (χ3v) is 6.27. The maximum atomic E-state index is 13.1. The molecule has 30 heavy (non-hydrogen) atoms. The molecule has 6 heteroatoms. The lowest BCUT2D eigenvalue weighted by atomic mass is 10.1. The summed E-state index contributed by atoms with van der Waals surface area (Å²) in [5, 5.41) is 0.755. The highest BCUT2D eigenvalue weighted by atomic mass is 35.5. The Bertz CT molecular complexity index is 1040. The first-order valence-corrected chi connectivity index (χ1v) is 11.1. The summed E-state index contributed by atoms with van der Waals surface area (Å²) in [6, 6.07) is 13.8. The van der Waals surface area contributed by atoms with E-state index in [2.05, 4.69) is 29.5 Å². The van der Waals surface area contributed by atoms with Gasteiger partial charge in [-0.3, -0.25) is 4.79 Å². The molecule has 0 bridgehead atoms. The lowest BCUT2D eigenvalue weighted by molar-refractivity contribution is 0.0664. The molecule has 1 amide bonds. The van der Waals surface area contributed by atoms with E-state index in [1.54, 1.807) is 0 Å². The molecule has 0 unspecified atom stereocenters. The number of piperazine rings is 1. The van der Waals surface area contributed by atoms with Gasteiger partial charge in [-0.15, -0.1) is 0 Å². The lowest BCUT2D eigenvalue weighted by Gasteiger charge is -2.32. The first kappa shape index (κ1) is 20.9. The zero-order valence-electron chi connectivity index (χ0n) is 17.8. The van der Waals surface area contributed by atoms with Crippen molar-refractivity contribution >= 4 is 28.5 Å². The average molecular weight is 425 g/mol. The number of likely N-dealkylation sites (N-methyl/N-ethyl adjacent to an activating group) is 1. The van der Waals surface area contributed by atoms with E-state index < -0.39 is 0 Å². The van der Waals surface area contributed by atoms with Crippen LogP contribution in [-0.2, 0) is 13.0 Å². The van der Waals surface area contributed by atoms with E-state index in [-0.39, 0.29) is 5.91 Å². The smallest absolute Gasteiger partial charge is 0.254 e. The SMILES string of the molecule is CCCCc1nc2ccc(C(=O)N3CCN(C)CC3)cc2n1Cc1ccccc1Cl. The molecule has 0 saturated carbocycles. The van der Waals surface area contributed by atoms with Crippen LogP contribution in [0.4, 0.5) is 0 Å². The third kappa shape index (κ3) is 4.37. The molecule has 0 atom stereocenters. The van der Waals surface area contributed by atoms with Gasteiger partial charge in [-0.1, -0.05) is 43.1 Å². The van der Waals surface area contributed by atoms with Gasteiger partial charge in [-0.2, -0.15) is 0 Å². The van der Waals surface area contributed by atoms with Crippen LogP contribution in [0.3, 0.4) is 0 Å². The molecular weight excluding hydrogens is 396 g/mol. The maximum absolute atomic E-state index is 13.1. The summed E-state index contributed by atoms with van der Waals surface area (Å²) in [6.07, 6.45) is 3.11. The molecule has 1 saturated heterocycles. The molecule has 1 aliphatic rings. The Kier molecular flexibility index (Phi) is 6.40. The number of halogens is 1. The number of fused-ring (bicyclic) bond motifs is 1. The molecule has 0 N–H and O–H groups in total. The topological polar surface area (TPSA) is 41.4 Å². The highest BCUT2D eigenvalue weighted by Gasteiger charge is 2.21. The molecule has 1 aromatic heterocycles. The van der Waals surface area contributed by atoms with Gasteiger partial charge in [0.15, 0.2) is 0 Å². The monoisotopic (exact) mass is 424 g/mol. The summed E-state index contributed by atoms with van der Waals surface area (Å²) in [5.41, 5.74) is 3.73. The van der Waals surface area contributed by atoms with Crippen LogP contribution in [0.25, 0.3) is 11.0 Å². The predicted molar refractivity (Wildman–Crippen MR) is 122 cm³/mol. The Morgan fingerprint density at radius 2 is 1.87 bits per heavy atom. The second-order valence-corrected chi connectivity index (χ2v) is 8.52. The van der Waals surface area contributed by atoms with Crippen molar-refractivity contribution in [1.82, 2.24) is 19.4 Å². The second kappa shape index (κ2) is 9.19.